The van der Waals surface area contributed by atoms with E-state index in [0.717, 1.165) is 6.54 Å². The molecular formula is C2H15NSi4. The third-order valence-electron chi connectivity index (χ3n) is 1.49. The van der Waals surface area contributed by atoms with Gasteiger partial charge in [0.25, 0.3) is 0 Å². The summed E-state index contributed by atoms with van der Waals surface area (Å²) in [6, 6.07) is 0. The lowest BCUT2D eigenvalue weighted by Crippen LogP contribution is -2.21. The lowest BCUT2D eigenvalue weighted by atomic mass is 10.8. The van der Waals surface area contributed by atoms with Crippen molar-refractivity contribution in [2.24, 2.45) is 5.73 Å². The summed E-state index contributed by atoms with van der Waals surface area (Å²) >= 11 is 0. The van der Waals surface area contributed by atoms with Crippen molar-refractivity contribution in [3.05, 3.63) is 0 Å². The highest BCUT2D eigenvalue weighted by molar-refractivity contribution is 7.03. The number of hydrogen-bond donors (Lipinski definition) is 1. The molecule has 0 unspecified atom stereocenters. The molecule has 1 nitrogen and oxygen atoms in total. The molecule has 2 N–H and O–H groups in total. The first-order chi connectivity index (χ1) is 3.35. The summed E-state index contributed by atoms with van der Waals surface area (Å²) in [5, 5.41) is 1.17. The van der Waals surface area contributed by atoms with E-state index in [9.17, 15) is 0 Å². The summed E-state index contributed by atoms with van der Waals surface area (Å²) < 4.78 is 0. The maximum Gasteiger partial charge on any atom is 0.00542 e. The molecule has 5 heteroatoms. The van der Waals surface area contributed by atoms with Crippen molar-refractivity contribution in [2.75, 3.05) is 6.54 Å². The molecule has 44 valence electrons. The summed E-state index contributed by atoms with van der Waals surface area (Å²) in [6.07, 6.45) is 0. The Labute approximate surface area is 55.5 Å². The Bertz CT molecular complexity index is 31.2. The summed E-state index contributed by atoms with van der Waals surface area (Å²) in [6.45, 7) is 1.05. The van der Waals surface area contributed by atoms with Crippen molar-refractivity contribution < 1.29 is 0 Å². The summed E-state index contributed by atoms with van der Waals surface area (Å²) in [4.78, 5) is 0. The Morgan fingerprint density at radius 1 is 1.43 bits per heavy atom. The van der Waals surface area contributed by atoms with Gasteiger partial charge in [-0.1, -0.05) is 5.16 Å². The second-order valence-electron chi connectivity index (χ2n) is 1.92. The SMILES string of the molecule is NCC([SiH2][SiH3])[SiH2][SiH3]. The van der Waals surface area contributed by atoms with Crippen LogP contribution in [-0.4, -0.2) is 44.1 Å². The molecule has 0 aliphatic carbocycles. The topological polar surface area (TPSA) is 26.0 Å². The van der Waals surface area contributed by atoms with Crippen LogP contribution in [0.4, 0.5) is 0 Å². The molecule has 0 heterocycles. The first kappa shape index (κ1) is 7.83. The third kappa shape index (κ3) is 3.41. The van der Waals surface area contributed by atoms with Gasteiger partial charge < -0.3 is 5.73 Å². The van der Waals surface area contributed by atoms with Crippen LogP contribution in [0, 0.1) is 0 Å². The molecular weight excluding hydrogens is 150 g/mol. The smallest absolute Gasteiger partial charge is 0.00542 e. The van der Waals surface area contributed by atoms with E-state index in [1.54, 1.807) is 0 Å². The van der Waals surface area contributed by atoms with Crippen LogP contribution in [0.25, 0.3) is 0 Å². The standard InChI is InChI=1S/C2H15NSi4/c3-1-2(6-4)7-5/h2H,1,3,6-7H2,4-5H3. The Balaban J connectivity index is 2.99. The van der Waals surface area contributed by atoms with Crippen molar-refractivity contribution >= 4 is 37.6 Å². The van der Waals surface area contributed by atoms with E-state index < -0.39 is 0 Å². The van der Waals surface area contributed by atoms with Gasteiger partial charge in [-0.05, 0) is 26.1 Å². The molecule has 0 aromatic heterocycles. The van der Waals surface area contributed by atoms with E-state index in [-0.39, 0.29) is 0 Å². The predicted octanol–water partition coefficient (Wildman–Crippen LogP) is -4.41. The average Bonchev–Trinajstić information content (AvgIpc) is 1.72. The third-order valence-corrected chi connectivity index (χ3v) is 21.8. The van der Waals surface area contributed by atoms with Gasteiger partial charge in [-0.3, -0.25) is 0 Å². The number of rotatable bonds is 3. The zero-order chi connectivity index (χ0) is 5.70. The predicted molar refractivity (Wildman–Crippen MR) is 49.8 cm³/mol. The van der Waals surface area contributed by atoms with E-state index in [2.05, 4.69) is 0 Å². The molecule has 0 aromatic rings. The Kier molecular flexibility index (Phi) is 5.56. The Morgan fingerprint density at radius 3 is 1.86 bits per heavy atom. The molecule has 0 rings (SSSR count). The molecule has 7 heavy (non-hydrogen) atoms. The summed E-state index contributed by atoms with van der Waals surface area (Å²) in [7, 11) is 3.89. The van der Waals surface area contributed by atoms with Gasteiger partial charge in [0.05, 0.1) is 0 Å². The quantitative estimate of drug-likeness (QED) is 0.420. The molecule has 0 aliphatic heterocycles. The van der Waals surface area contributed by atoms with Gasteiger partial charge in [0.2, 0.25) is 0 Å². The van der Waals surface area contributed by atoms with E-state index >= 15 is 0 Å². The van der Waals surface area contributed by atoms with Crippen LogP contribution >= 0.6 is 0 Å². The summed E-state index contributed by atoms with van der Waals surface area (Å²) in [5.74, 6) is 0. The fraction of sp³-hybridized carbons (Fsp3) is 1.00. The lowest BCUT2D eigenvalue weighted by molar-refractivity contribution is 1.07. The normalized spacial score (nSPS) is 18.4. The monoisotopic (exact) mass is 165 g/mol. The van der Waals surface area contributed by atoms with Crippen LogP contribution < -0.4 is 5.73 Å². The van der Waals surface area contributed by atoms with Gasteiger partial charge in [0, 0.05) is 18.1 Å². The molecule has 0 spiro atoms. The minimum Gasteiger partial charge on any atom is -0.331 e. The van der Waals surface area contributed by atoms with Crippen LogP contribution in [0.3, 0.4) is 0 Å². The molecule has 0 saturated carbocycles. The molecule has 0 aromatic carbocycles. The van der Waals surface area contributed by atoms with E-state index in [4.69, 9.17) is 5.73 Å². The van der Waals surface area contributed by atoms with Crippen LogP contribution in [0.1, 0.15) is 0 Å². The zero-order valence-corrected chi connectivity index (χ0v) is 12.1. The van der Waals surface area contributed by atoms with Crippen molar-refractivity contribution in [3.8, 4) is 0 Å². The Hall–Kier alpha value is 0.828. The highest BCUT2D eigenvalue weighted by Gasteiger charge is 1.97. The second-order valence-corrected chi connectivity index (χ2v) is 11.9. The van der Waals surface area contributed by atoms with Crippen LogP contribution in [0.5, 0.6) is 0 Å². The number of hydrogen-bond acceptors (Lipinski definition) is 1. The van der Waals surface area contributed by atoms with Gasteiger partial charge >= 0.3 is 0 Å². The Morgan fingerprint density at radius 2 is 1.86 bits per heavy atom. The molecule has 0 fully saturated rings. The zero-order valence-electron chi connectivity index (χ0n) is 5.28. The maximum absolute atomic E-state index is 5.51. The van der Waals surface area contributed by atoms with Gasteiger partial charge in [-0.25, -0.2) is 0 Å². The maximum atomic E-state index is 5.51. The van der Waals surface area contributed by atoms with Crippen molar-refractivity contribution in [2.45, 2.75) is 5.16 Å². The van der Waals surface area contributed by atoms with Crippen LogP contribution in [-0.2, 0) is 0 Å². The van der Waals surface area contributed by atoms with Gasteiger partial charge in [0.15, 0.2) is 0 Å². The largest absolute Gasteiger partial charge is 0.331 e. The summed E-state index contributed by atoms with van der Waals surface area (Å²) in [5.41, 5.74) is 5.51. The van der Waals surface area contributed by atoms with Crippen LogP contribution in [0.2, 0.25) is 5.16 Å². The fourth-order valence-electron chi connectivity index (χ4n) is 0.622. The molecule has 0 bridgehead atoms. The molecule has 0 aliphatic rings. The number of nitrogens with two attached hydrogens (primary N) is 1. The minimum absolute atomic E-state index is 0.438. The van der Waals surface area contributed by atoms with Gasteiger partial charge in [0.1, 0.15) is 0 Å². The first-order valence-electron chi connectivity index (χ1n) is 3.05. The molecule has 0 saturated heterocycles. The minimum atomic E-state index is 0.438. The highest BCUT2D eigenvalue weighted by Crippen LogP contribution is 1.89. The van der Waals surface area contributed by atoms with E-state index in [1.807, 2.05) is 0 Å². The van der Waals surface area contributed by atoms with Crippen molar-refractivity contribution in [3.63, 3.8) is 0 Å². The van der Waals surface area contributed by atoms with E-state index in [1.165, 1.54) is 24.7 Å². The lowest BCUT2D eigenvalue weighted by Gasteiger charge is -2.04. The first-order valence-corrected chi connectivity index (χ1v) is 16.0. The second kappa shape index (κ2) is 4.97. The van der Waals surface area contributed by atoms with Gasteiger partial charge in [-0.15, -0.1) is 0 Å². The average molecular weight is 165 g/mol. The fourth-order valence-corrected chi connectivity index (χ4v) is 26.4. The van der Waals surface area contributed by atoms with Crippen LogP contribution in [0.15, 0.2) is 0 Å². The highest BCUT2D eigenvalue weighted by atomic mass is 29.1. The molecule has 0 atom stereocenters. The molecule has 0 amide bonds. The van der Waals surface area contributed by atoms with Gasteiger partial charge in [-0.2, -0.15) is 0 Å². The van der Waals surface area contributed by atoms with Crippen molar-refractivity contribution in [1.82, 2.24) is 0 Å². The molecule has 0 radical (unpaired) electrons. The van der Waals surface area contributed by atoms with Crippen molar-refractivity contribution in [1.29, 1.82) is 0 Å². The van der Waals surface area contributed by atoms with E-state index in [0.29, 0.717) is 18.1 Å².